The van der Waals surface area contributed by atoms with E-state index in [9.17, 15) is 9.59 Å². The van der Waals surface area contributed by atoms with Crippen LogP contribution in [0.4, 0.5) is 0 Å². The third-order valence-corrected chi connectivity index (χ3v) is 3.45. The first kappa shape index (κ1) is 16.4. The van der Waals surface area contributed by atoms with Crippen molar-refractivity contribution in [3.8, 4) is 17.2 Å². The highest BCUT2D eigenvalue weighted by Gasteiger charge is 2.16. The van der Waals surface area contributed by atoms with Crippen molar-refractivity contribution in [2.24, 2.45) is 0 Å². The molecular formula is C18H16N2O5. The molecule has 2 N–H and O–H groups in total. The number of carbonyl (C=O) groups is 2. The Morgan fingerprint density at radius 2 is 1.92 bits per heavy atom. The number of fused-ring (bicyclic) bond motifs is 1. The molecule has 0 unspecified atom stereocenters. The number of hydrogen-bond donors (Lipinski definition) is 2. The van der Waals surface area contributed by atoms with E-state index in [0.717, 1.165) is 5.56 Å². The van der Waals surface area contributed by atoms with Crippen LogP contribution in [0.1, 0.15) is 15.9 Å². The van der Waals surface area contributed by atoms with E-state index in [-0.39, 0.29) is 6.79 Å². The van der Waals surface area contributed by atoms with Crippen molar-refractivity contribution >= 4 is 17.9 Å². The van der Waals surface area contributed by atoms with Crippen molar-refractivity contribution in [2.75, 3.05) is 13.9 Å². The second kappa shape index (κ2) is 7.39. The molecule has 3 rings (SSSR count). The Kier molecular flexibility index (Phi) is 4.84. The van der Waals surface area contributed by atoms with Gasteiger partial charge in [0.25, 0.3) is 11.8 Å². The van der Waals surface area contributed by atoms with Gasteiger partial charge in [0.05, 0.1) is 7.11 Å². The number of methoxy groups -OCH3 is 1. The lowest BCUT2D eigenvalue weighted by atomic mass is 10.2. The van der Waals surface area contributed by atoms with E-state index in [1.807, 2.05) is 18.2 Å². The molecule has 0 bridgehead atoms. The summed E-state index contributed by atoms with van der Waals surface area (Å²) in [5.74, 6) is 0.857. The molecule has 0 aliphatic carbocycles. The number of nitrogens with one attached hydrogen (secondary N) is 2. The zero-order valence-electron chi connectivity index (χ0n) is 13.4. The summed E-state index contributed by atoms with van der Waals surface area (Å²) in [6.45, 7) is 0.131. The number of rotatable bonds is 4. The molecule has 2 amide bonds. The molecule has 0 saturated heterocycles. The SMILES string of the molecule is COc1cccc(/C=C/C(=O)NNC(=O)c2ccc3c(c2)OCO3)c1. The molecule has 2 aromatic rings. The van der Waals surface area contributed by atoms with Crippen LogP contribution in [0, 0.1) is 0 Å². The maximum atomic E-state index is 12.0. The largest absolute Gasteiger partial charge is 0.497 e. The van der Waals surface area contributed by atoms with Gasteiger partial charge in [-0.1, -0.05) is 12.1 Å². The maximum absolute atomic E-state index is 12.0. The fourth-order valence-corrected chi connectivity index (χ4v) is 2.19. The highest BCUT2D eigenvalue weighted by molar-refractivity contribution is 5.98. The van der Waals surface area contributed by atoms with E-state index in [1.165, 1.54) is 6.08 Å². The molecule has 0 radical (unpaired) electrons. The van der Waals surface area contributed by atoms with Gasteiger partial charge in [0.15, 0.2) is 11.5 Å². The van der Waals surface area contributed by atoms with Crippen LogP contribution in [0.15, 0.2) is 48.5 Å². The normalized spacial score (nSPS) is 12.0. The second-order valence-electron chi connectivity index (χ2n) is 5.12. The molecule has 7 heteroatoms. The lowest BCUT2D eigenvalue weighted by molar-refractivity contribution is -0.117. The second-order valence-corrected chi connectivity index (χ2v) is 5.12. The standard InChI is InChI=1S/C18H16N2O5/c1-23-14-4-2-3-12(9-14)5-8-17(21)19-20-18(22)13-6-7-15-16(10-13)25-11-24-15/h2-10H,11H2,1H3,(H,19,21)(H,20,22)/b8-5+. The van der Waals surface area contributed by atoms with Gasteiger partial charge in [-0.2, -0.15) is 0 Å². The van der Waals surface area contributed by atoms with E-state index in [0.29, 0.717) is 22.8 Å². The van der Waals surface area contributed by atoms with Gasteiger partial charge in [0, 0.05) is 11.6 Å². The van der Waals surface area contributed by atoms with E-state index < -0.39 is 11.8 Å². The summed E-state index contributed by atoms with van der Waals surface area (Å²) in [4.78, 5) is 23.8. The van der Waals surface area contributed by atoms with Gasteiger partial charge in [-0.25, -0.2) is 0 Å². The Morgan fingerprint density at radius 1 is 1.08 bits per heavy atom. The molecule has 2 aromatic carbocycles. The van der Waals surface area contributed by atoms with Gasteiger partial charge in [-0.05, 0) is 42.0 Å². The van der Waals surface area contributed by atoms with Gasteiger partial charge in [0.1, 0.15) is 5.75 Å². The summed E-state index contributed by atoms with van der Waals surface area (Å²) in [6.07, 6.45) is 2.93. The minimum Gasteiger partial charge on any atom is -0.497 e. The molecule has 1 aliphatic heterocycles. The molecule has 0 aromatic heterocycles. The van der Waals surface area contributed by atoms with E-state index >= 15 is 0 Å². The molecule has 0 saturated carbocycles. The summed E-state index contributed by atoms with van der Waals surface area (Å²) in [6, 6.07) is 12.0. The van der Waals surface area contributed by atoms with Crippen LogP contribution >= 0.6 is 0 Å². The predicted molar refractivity (Wildman–Crippen MR) is 90.2 cm³/mol. The van der Waals surface area contributed by atoms with Crippen LogP contribution < -0.4 is 25.1 Å². The molecule has 25 heavy (non-hydrogen) atoms. The molecular weight excluding hydrogens is 324 g/mol. The minimum atomic E-state index is -0.461. The number of ether oxygens (including phenoxy) is 3. The first-order chi connectivity index (χ1) is 12.2. The molecule has 0 fully saturated rings. The van der Waals surface area contributed by atoms with Gasteiger partial charge in [0.2, 0.25) is 6.79 Å². The molecule has 7 nitrogen and oxygen atoms in total. The maximum Gasteiger partial charge on any atom is 0.269 e. The van der Waals surface area contributed by atoms with Crippen molar-refractivity contribution < 1.29 is 23.8 Å². The third-order valence-electron chi connectivity index (χ3n) is 3.45. The lowest BCUT2D eigenvalue weighted by Crippen LogP contribution is -2.40. The van der Waals surface area contributed by atoms with Crippen molar-refractivity contribution in [1.29, 1.82) is 0 Å². The number of carbonyl (C=O) groups excluding carboxylic acids is 2. The van der Waals surface area contributed by atoms with Crippen LogP contribution in [0.5, 0.6) is 17.2 Å². The third kappa shape index (κ3) is 4.08. The fraction of sp³-hybridized carbons (Fsp3) is 0.111. The van der Waals surface area contributed by atoms with Crippen LogP contribution in [0.3, 0.4) is 0 Å². The van der Waals surface area contributed by atoms with Gasteiger partial charge in [-0.15, -0.1) is 0 Å². The van der Waals surface area contributed by atoms with E-state index in [4.69, 9.17) is 14.2 Å². The Hall–Kier alpha value is -3.48. The van der Waals surface area contributed by atoms with Crippen molar-refractivity contribution in [2.45, 2.75) is 0 Å². The first-order valence-electron chi connectivity index (χ1n) is 7.48. The topological polar surface area (TPSA) is 85.9 Å². The van der Waals surface area contributed by atoms with Gasteiger partial charge < -0.3 is 14.2 Å². The highest BCUT2D eigenvalue weighted by Crippen LogP contribution is 2.32. The first-order valence-corrected chi connectivity index (χ1v) is 7.48. The molecule has 1 heterocycles. The smallest absolute Gasteiger partial charge is 0.269 e. The Morgan fingerprint density at radius 3 is 2.76 bits per heavy atom. The molecule has 0 spiro atoms. The number of hydrazine groups is 1. The lowest BCUT2D eigenvalue weighted by Gasteiger charge is -2.06. The highest BCUT2D eigenvalue weighted by atomic mass is 16.7. The minimum absolute atomic E-state index is 0.131. The predicted octanol–water partition coefficient (Wildman–Crippen LogP) is 1.90. The van der Waals surface area contributed by atoms with Crippen LogP contribution in [0.25, 0.3) is 6.08 Å². The van der Waals surface area contributed by atoms with E-state index in [1.54, 1.807) is 37.5 Å². The average molecular weight is 340 g/mol. The quantitative estimate of drug-likeness (QED) is 0.656. The Bertz CT molecular complexity index is 832. The van der Waals surface area contributed by atoms with Crippen LogP contribution in [0.2, 0.25) is 0 Å². The molecule has 128 valence electrons. The van der Waals surface area contributed by atoms with Crippen LogP contribution in [-0.2, 0) is 4.79 Å². The summed E-state index contributed by atoms with van der Waals surface area (Å²) in [5.41, 5.74) is 5.81. The molecule has 0 atom stereocenters. The number of amides is 2. The van der Waals surface area contributed by atoms with Crippen LogP contribution in [-0.4, -0.2) is 25.7 Å². The fourth-order valence-electron chi connectivity index (χ4n) is 2.19. The van der Waals surface area contributed by atoms with Crippen molar-refractivity contribution in [3.05, 3.63) is 59.7 Å². The molecule has 1 aliphatic rings. The van der Waals surface area contributed by atoms with Gasteiger partial charge in [-0.3, -0.25) is 20.4 Å². The number of benzene rings is 2. The average Bonchev–Trinajstić information content (AvgIpc) is 3.12. The number of hydrogen-bond acceptors (Lipinski definition) is 5. The van der Waals surface area contributed by atoms with Crippen molar-refractivity contribution in [3.63, 3.8) is 0 Å². The Labute approximate surface area is 144 Å². The Balaban J connectivity index is 1.54. The summed E-state index contributed by atoms with van der Waals surface area (Å²) >= 11 is 0. The van der Waals surface area contributed by atoms with E-state index in [2.05, 4.69) is 10.9 Å². The summed E-state index contributed by atoms with van der Waals surface area (Å²) < 4.78 is 15.5. The zero-order chi connectivity index (χ0) is 17.6. The zero-order valence-corrected chi connectivity index (χ0v) is 13.4. The summed E-state index contributed by atoms with van der Waals surface area (Å²) in [5, 5.41) is 0. The van der Waals surface area contributed by atoms with Crippen molar-refractivity contribution in [1.82, 2.24) is 10.9 Å². The van der Waals surface area contributed by atoms with Gasteiger partial charge >= 0.3 is 0 Å². The monoisotopic (exact) mass is 340 g/mol. The summed E-state index contributed by atoms with van der Waals surface area (Å²) in [7, 11) is 1.57.